The van der Waals surface area contributed by atoms with Crippen LogP contribution in [0.15, 0.2) is 73.2 Å². The lowest BCUT2D eigenvalue weighted by molar-refractivity contribution is -0.149. The zero-order valence-corrected chi connectivity index (χ0v) is 17.0. The number of nitrogens with zero attached hydrogens (tertiary/aromatic N) is 5. The van der Waals surface area contributed by atoms with Crippen LogP contribution in [-0.4, -0.2) is 50.7 Å². The van der Waals surface area contributed by atoms with Gasteiger partial charge in [-0.05, 0) is 43.4 Å². The molecule has 3 aromatic heterocycles. The molecule has 6 heteroatoms. The molecule has 0 aromatic carbocycles. The van der Waals surface area contributed by atoms with E-state index in [2.05, 4.69) is 31.8 Å². The van der Waals surface area contributed by atoms with Crippen LogP contribution in [0.5, 0.6) is 0 Å². The summed E-state index contributed by atoms with van der Waals surface area (Å²) in [6.07, 6.45) is 5.45. The van der Waals surface area contributed by atoms with Gasteiger partial charge in [-0.15, -0.1) is 0 Å². The molecule has 6 nitrogen and oxygen atoms in total. The van der Waals surface area contributed by atoms with Crippen molar-refractivity contribution in [1.82, 2.24) is 24.8 Å². The lowest BCUT2D eigenvalue weighted by Gasteiger charge is -2.53. The van der Waals surface area contributed by atoms with E-state index in [-0.39, 0.29) is 23.9 Å². The van der Waals surface area contributed by atoms with Crippen molar-refractivity contribution in [3.05, 3.63) is 90.3 Å². The largest absolute Gasteiger partial charge is 0.305 e. The second-order valence-electron chi connectivity index (χ2n) is 8.23. The van der Waals surface area contributed by atoms with Crippen LogP contribution in [0.25, 0.3) is 0 Å². The zero-order valence-electron chi connectivity index (χ0n) is 17.0. The van der Waals surface area contributed by atoms with Gasteiger partial charge in [0.25, 0.3) is 0 Å². The van der Waals surface area contributed by atoms with Gasteiger partial charge >= 0.3 is 0 Å². The maximum absolute atomic E-state index is 13.6. The topological polar surface area (TPSA) is 62.2 Å². The molecule has 2 aliphatic rings. The molecule has 0 saturated carbocycles. The number of likely N-dealkylation sites (tertiary alicyclic amines) is 2. The molecule has 0 spiro atoms. The third-order valence-electron chi connectivity index (χ3n) is 6.28. The van der Waals surface area contributed by atoms with Crippen LogP contribution >= 0.6 is 0 Å². The minimum atomic E-state index is -0.119. The maximum atomic E-state index is 13.6. The van der Waals surface area contributed by atoms with E-state index in [1.165, 1.54) is 0 Å². The van der Waals surface area contributed by atoms with Gasteiger partial charge in [-0.2, -0.15) is 0 Å². The Morgan fingerprint density at radius 3 is 1.80 bits per heavy atom. The van der Waals surface area contributed by atoms with Crippen molar-refractivity contribution in [3.63, 3.8) is 0 Å². The molecular formula is C24H25N5O. The third kappa shape index (κ3) is 3.42. The van der Waals surface area contributed by atoms with Gasteiger partial charge in [0, 0.05) is 38.2 Å². The second kappa shape index (κ2) is 8.05. The van der Waals surface area contributed by atoms with Crippen molar-refractivity contribution in [2.45, 2.75) is 18.6 Å². The van der Waals surface area contributed by atoms with Gasteiger partial charge in [-0.1, -0.05) is 18.2 Å². The quantitative estimate of drug-likeness (QED) is 0.672. The first-order valence-corrected chi connectivity index (χ1v) is 10.4. The van der Waals surface area contributed by atoms with Crippen LogP contribution in [0.2, 0.25) is 0 Å². The third-order valence-corrected chi connectivity index (χ3v) is 6.28. The van der Waals surface area contributed by atoms with E-state index in [1.54, 1.807) is 0 Å². The van der Waals surface area contributed by atoms with E-state index >= 15 is 0 Å². The number of carbonyl (C=O) groups is 1. The number of fused-ring (bicyclic) bond motifs is 2. The van der Waals surface area contributed by atoms with E-state index in [0.29, 0.717) is 12.3 Å². The first-order chi connectivity index (χ1) is 14.7. The van der Waals surface area contributed by atoms with Crippen molar-refractivity contribution < 1.29 is 4.79 Å². The molecule has 3 aromatic rings. The van der Waals surface area contributed by atoms with Gasteiger partial charge in [-0.25, -0.2) is 0 Å². The van der Waals surface area contributed by atoms with Gasteiger partial charge in [0.15, 0.2) is 0 Å². The summed E-state index contributed by atoms with van der Waals surface area (Å²) in [4.78, 5) is 32.2. The van der Waals surface area contributed by atoms with Crippen molar-refractivity contribution >= 4 is 5.78 Å². The van der Waals surface area contributed by atoms with Crippen LogP contribution < -0.4 is 0 Å². The number of hydrogen-bond acceptors (Lipinski definition) is 6. The average molecular weight is 399 g/mol. The number of pyridine rings is 3. The SMILES string of the molecule is CN1CC2C(=O)C(C1)C(c1ccccn1)N(Cc1ccccn1)C2c1ccccn1. The zero-order chi connectivity index (χ0) is 20.5. The highest BCUT2D eigenvalue weighted by atomic mass is 16.1. The molecule has 2 bridgehead atoms. The monoisotopic (exact) mass is 399 g/mol. The van der Waals surface area contributed by atoms with Crippen molar-refractivity contribution in [2.24, 2.45) is 11.8 Å². The first kappa shape index (κ1) is 19.0. The number of ketones is 1. The molecule has 2 fully saturated rings. The summed E-state index contributed by atoms with van der Waals surface area (Å²) in [5.74, 6) is 0.0938. The van der Waals surface area contributed by atoms with Crippen LogP contribution in [-0.2, 0) is 11.3 Å². The molecule has 152 valence electrons. The number of carbonyl (C=O) groups excluding carboxylic acids is 1. The maximum Gasteiger partial charge on any atom is 0.145 e. The van der Waals surface area contributed by atoms with E-state index in [9.17, 15) is 4.79 Å². The van der Waals surface area contributed by atoms with E-state index in [0.717, 1.165) is 30.2 Å². The summed E-state index contributed by atoms with van der Waals surface area (Å²) in [5, 5.41) is 0. The highest BCUT2D eigenvalue weighted by Gasteiger charge is 2.53. The molecule has 4 unspecified atom stereocenters. The lowest BCUT2D eigenvalue weighted by Crippen LogP contribution is -2.59. The summed E-state index contributed by atoms with van der Waals surface area (Å²) in [6, 6.07) is 17.7. The van der Waals surface area contributed by atoms with Crippen LogP contribution in [0, 0.1) is 11.8 Å². The van der Waals surface area contributed by atoms with E-state index in [1.807, 2.05) is 73.2 Å². The Labute approximate surface area is 176 Å². The summed E-state index contributed by atoms with van der Waals surface area (Å²) in [6.45, 7) is 2.13. The average Bonchev–Trinajstić information content (AvgIpc) is 2.78. The van der Waals surface area contributed by atoms with E-state index < -0.39 is 0 Å². The van der Waals surface area contributed by atoms with Crippen LogP contribution in [0.4, 0.5) is 0 Å². The fourth-order valence-electron chi connectivity index (χ4n) is 5.08. The molecule has 0 amide bonds. The minimum Gasteiger partial charge on any atom is -0.305 e. The van der Waals surface area contributed by atoms with Gasteiger partial charge in [0.2, 0.25) is 0 Å². The Hall–Kier alpha value is -2.96. The number of hydrogen-bond donors (Lipinski definition) is 0. The molecule has 0 aliphatic carbocycles. The summed E-state index contributed by atoms with van der Waals surface area (Å²) in [7, 11) is 2.10. The lowest BCUT2D eigenvalue weighted by atomic mass is 9.71. The first-order valence-electron chi connectivity index (χ1n) is 10.4. The predicted molar refractivity (Wildman–Crippen MR) is 113 cm³/mol. The summed E-state index contributed by atoms with van der Waals surface area (Å²) >= 11 is 0. The summed E-state index contributed by atoms with van der Waals surface area (Å²) < 4.78 is 0. The fourth-order valence-corrected chi connectivity index (χ4v) is 5.08. The standard InChI is InChI=1S/C24H25N5O/c1-28-15-18-22(20-9-3-6-12-26-20)29(14-17-8-2-5-11-25-17)23(19(16-28)24(18)30)21-10-4-7-13-27-21/h2-13,18-19,22-23H,14-16H2,1H3. The van der Waals surface area contributed by atoms with Gasteiger partial charge < -0.3 is 4.90 Å². The van der Waals surface area contributed by atoms with Crippen LogP contribution in [0.3, 0.4) is 0 Å². The smallest absolute Gasteiger partial charge is 0.145 e. The molecule has 4 atom stereocenters. The number of rotatable bonds is 4. The normalized spacial score (nSPS) is 27.2. The van der Waals surface area contributed by atoms with Gasteiger partial charge in [0.05, 0.1) is 41.0 Å². The summed E-state index contributed by atoms with van der Waals surface area (Å²) in [5.41, 5.74) is 2.85. The number of piperidine rings is 2. The fraction of sp³-hybridized carbons (Fsp3) is 0.333. The van der Waals surface area contributed by atoms with Crippen molar-refractivity contribution in [2.75, 3.05) is 20.1 Å². The Balaban J connectivity index is 1.66. The Morgan fingerprint density at radius 1 is 0.800 bits per heavy atom. The molecular weight excluding hydrogens is 374 g/mol. The second-order valence-corrected chi connectivity index (χ2v) is 8.23. The molecule has 2 aliphatic heterocycles. The minimum absolute atomic E-state index is 0.118. The van der Waals surface area contributed by atoms with Crippen molar-refractivity contribution in [3.8, 4) is 0 Å². The highest BCUT2D eigenvalue weighted by Crippen LogP contribution is 2.48. The molecule has 30 heavy (non-hydrogen) atoms. The number of Topliss-reactive ketones (excluding diaryl/α,β-unsaturated/α-hetero) is 1. The van der Waals surface area contributed by atoms with Gasteiger partial charge in [-0.3, -0.25) is 24.6 Å². The molecule has 2 saturated heterocycles. The molecule has 5 rings (SSSR count). The van der Waals surface area contributed by atoms with Crippen molar-refractivity contribution in [1.29, 1.82) is 0 Å². The Bertz CT molecular complexity index is 938. The van der Waals surface area contributed by atoms with Gasteiger partial charge in [0.1, 0.15) is 5.78 Å². The molecule has 5 heterocycles. The Morgan fingerprint density at radius 2 is 1.33 bits per heavy atom. The Kier molecular flexibility index (Phi) is 5.11. The molecule has 0 radical (unpaired) electrons. The van der Waals surface area contributed by atoms with Crippen LogP contribution in [0.1, 0.15) is 29.2 Å². The number of aromatic nitrogens is 3. The highest BCUT2D eigenvalue weighted by molar-refractivity contribution is 5.87. The predicted octanol–water partition coefficient (Wildman–Crippen LogP) is 2.92. The molecule has 0 N–H and O–H groups in total. The van der Waals surface area contributed by atoms with E-state index in [4.69, 9.17) is 0 Å².